The van der Waals surface area contributed by atoms with Crippen LogP contribution in [0.15, 0.2) is 10.7 Å². The number of oxazole rings is 1. The van der Waals surface area contributed by atoms with E-state index in [-0.39, 0.29) is 11.6 Å². The molecule has 0 aliphatic carbocycles. The second-order valence-electron chi connectivity index (χ2n) is 3.53. The van der Waals surface area contributed by atoms with Crippen LogP contribution >= 0.6 is 0 Å². The van der Waals surface area contributed by atoms with E-state index in [4.69, 9.17) is 19.4 Å². The summed E-state index contributed by atoms with van der Waals surface area (Å²) in [6.07, 6.45) is -3.91. The summed E-state index contributed by atoms with van der Waals surface area (Å²) < 4.78 is 36.7. The number of rotatable bonds is 2. The molecule has 1 aromatic heterocycles. The number of alkyl halides is 3. The lowest BCUT2D eigenvalue weighted by Gasteiger charge is -2.23. The Morgan fingerprint density at radius 1 is 1.37 bits per heavy atom. The van der Waals surface area contributed by atoms with Gasteiger partial charge in [-0.1, -0.05) is 0 Å². The average molecular weight is 282 g/mol. The van der Waals surface area contributed by atoms with Crippen LogP contribution in [0.4, 0.5) is 13.2 Å². The molecule has 0 unspecified atom stereocenters. The van der Waals surface area contributed by atoms with Gasteiger partial charge in [0.1, 0.15) is 6.26 Å². The van der Waals surface area contributed by atoms with Gasteiger partial charge in [-0.15, -0.1) is 0 Å². The number of aromatic carboxylic acids is 1. The molecule has 0 radical (unpaired) electrons. The summed E-state index contributed by atoms with van der Waals surface area (Å²) in [5.74, 6) is -3.03. The highest BCUT2D eigenvalue weighted by molar-refractivity contribution is 5.84. The monoisotopic (exact) mass is 282 g/mol. The van der Waals surface area contributed by atoms with Gasteiger partial charge in [0, 0.05) is 13.1 Å². The first-order valence-electron chi connectivity index (χ1n) is 4.91. The fourth-order valence-corrected chi connectivity index (χ4v) is 1.04. The summed E-state index contributed by atoms with van der Waals surface area (Å²) in [6, 6.07) is 0. The first kappa shape index (κ1) is 15.0. The zero-order valence-electron chi connectivity index (χ0n) is 9.27. The van der Waals surface area contributed by atoms with Gasteiger partial charge in [0.25, 0.3) is 0 Å². The minimum atomic E-state index is -5.08. The molecule has 2 heterocycles. The van der Waals surface area contributed by atoms with Gasteiger partial charge >= 0.3 is 18.1 Å². The Morgan fingerprint density at radius 2 is 1.89 bits per heavy atom. The van der Waals surface area contributed by atoms with Crippen molar-refractivity contribution in [2.45, 2.75) is 12.1 Å². The van der Waals surface area contributed by atoms with Crippen LogP contribution in [-0.4, -0.2) is 46.4 Å². The second-order valence-corrected chi connectivity index (χ2v) is 3.53. The predicted octanol–water partition coefficient (Wildman–Crippen LogP) is 0.693. The van der Waals surface area contributed by atoms with E-state index in [2.05, 4.69) is 10.3 Å². The molecule has 0 spiro atoms. The molecule has 1 fully saturated rings. The maximum absolute atomic E-state index is 10.6. The normalized spacial score (nSPS) is 15.1. The molecule has 7 nitrogen and oxygen atoms in total. The fourth-order valence-electron chi connectivity index (χ4n) is 1.04. The number of aliphatic carboxylic acids is 1. The van der Waals surface area contributed by atoms with Crippen LogP contribution in [0.2, 0.25) is 0 Å². The molecule has 0 aromatic carbocycles. The Labute approximate surface area is 104 Å². The number of nitrogens with zero attached hydrogens (tertiary/aromatic N) is 1. The van der Waals surface area contributed by atoms with E-state index in [1.807, 2.05) is 0 Å². The van der Waals surface area contributed by atoms with Crippen LogP contribution in [0, 0.1) is 0 Å². The molecule has 2 rings (SSSR count). The van der Waals surface area contributed by atoms with Crippen LogP contribution in [0.3, 0.4) is 0 Å². The van der Waals surface area contributed by atoms with Gasteiger partial charge in [0.05, 0.1) is 5.92 Å². The van der Waals surface area contributed by atoms with Gasteiger partial charge < -0.3 is 19.9 Å². The van der Waals surface area contributed by atoms with Gasteiger partial charge in [0.15, 0.2) is 11.6 Å². The van der Waals surface area contributed by atoms with Crippen LogP contribution < -0.4 is 5.32 Å². The Morgan fingerprint density at radius 3 is 2.16 bits per heavy atom. The lowest BCUT2D eigenvalue weighted by molar-refractivity contribution is -0.192. The Balaban J connectivity index is 0.000000224. The van der Waals surface area contributed by atoms with E-state index in [9.17, 15) is 18.0 Å². The quantitative estimate of drug-likeness (QED) is 0.731. The van der Waals surface area contributed by atoms with Crippen molar-refractivity contribution in [3.63, 3.8) is 0 Å². The molecule has 106 valence electrons. The summed E-state index contributed by atoms with van der Waals surface area (Å²) >= 11 is 0. The van der Waals surface area contributed by atoms with Gasteiger partial charge in [-0.05, 0) is 0 Å². The predicted molar refractivity (Wildman–Crippen MR) is 52.8 cm³/mol. The van der Waals surface area contributed by atoms with Crippen molar-refractivity contribution < 1.29 is 37.4 Å². The van der Waals surface area contributed by atoms with Gasteiger partial charge in [-0.25, -0.2) is 14.6 Å². The highest BCUT2D eigenvalue weighted by atomic mass is 19.4. The third-order valence-electron chi connectivity index (χ3n) is 2.11. The number of nitrogens with one attached hydrogen (secondary N) is 1. The minimum Gasteiger partial charge on any atom is -0.476 e. The number of carboxylic acids is 2. The van der Waals surface area contributed by atoms with E-state index in [1.165, 1.54) is 6.26 Å². The van der Waals surface area contributed by atoms with Gasteiger partial charge in [-0.3, -0.25) is 0 Å². The van der Waals surface area contributed by atoms with Crippen molar-refractivity contribution in [1.82, 2.24) is 10.3 Å². The molecule has 1 aliphatic heterocycles. The van der Waals surface area contributed by atoms with Crippen LogP contribution in [0.25, 0.3) is 0 Å². The highest BCUT2D eigenvalue weighted by Crippen LogP contribution is 2.18. The summed E-state index contributed by atoms with van der Waals surface area (Å²) in [7, 11) is 0. The molecule has 0 bridgehead atoms. The highest BCUT2D eigenvalue weighted by Gasteiger charge is 2.38. The van der Waals surface area contributed by atoms with Crippen molar-refractivity contribution in [1.29, 1.82) is 0 Å². The van der Waals surface area contributed by atoms with E-state index in [1.54, 1.807) is 0 Å². The zero-order valence-corrected chi connectivity index (χ0v) is 9.27. The zero-order chi connectivity index (χ0) is 14.6. The first-order chi connectivity index (χ1) is 8.71. The van der Waals surface area contributed by atoms with Gasteiger partial charge in [-0.2, -0.15) is 13.2 Å². The van der Waals surface area contributed by atoms with Gasteiger partial charge in [0.2, 0.25) is 0 Å². The molecule has 1 aromatic rings. The van der Waals surface area contributed by atoms with Crippen LogP contribution in [0.5, 0.6) is 0 Å². The SMILES string of the molecule is O=C(O)C(F)(F)F.O=C(O)c1coc(C2CNC2)n1. The average Bonchev–Trinajstić information content (AvgIpc) is 2.63. The molecule has 0 saturated carbocycles. The summed E-state index contributed by atoms with van der Waals surface area (Å²) in [4.78, 5) is 23.1. The Bertz CT molecular complexity index is 467. The second kappa shape index (κ2) is 5.69. The number of hydrogen-bond donors (Lipinski definition) is 3. The van der Waals surface area contributed by atoms with Crippen LogP contribution in [0.1, 0.15) is 22.3 Å². The molecule has 10 heteroatoms. The number of carboxylic acid groups (broad SMARTS) is 2. The smallest absolute Gasteiger partial charge is 0.476 e. The summed E-state index contributed by atoms with van der Waals surface area (Å²) in [5.41, 5.74) is -0.0168. The molecule has 3 N–H and O–H groups in total. The van der Waals surface area contributed by atoms with Crippen molar-refractivity contribution in [3.8, 4) is 0 Å². The van der Waals surface area contributed by atoms with E-state index >= 15 is 0 Å². The maximum Gasteiger partial charge on any atom is 0.490 e. The third-order valence-corrected chi connectivity index (χ3v) is 2.11. The number of aromatic nitrogens is 1. The fraction of sp³-hybridized carbons (Fsp3) is 0.444. The standard InChI is InChI=1S/C7H8N2O3.C2HF3O2/c10-7(11)5-3-12-6(9-5)4-1-8-2-4;3-2(4,5)1(6)7/h3-4,8H,1-2H2,(H,10,11);(H,6,7). The van der Waals surface area contributed by atoms with Crippen molar-refractivity contribution in [2.24, 2.45) is 0 Å². The van der Waals surface area contributed by atoms with E-state index in [0.717, 1.165) is 13.1 Å². The number of carbonyl (C=O) groups is 2. The lowest BCUT2D eigenvalue weighted by Crippen LogP contribution is -2.40. The molecule has 0 amide bonds. The van der Waals surface area contributed by atoms with Crippen molar-refractivity contribution in [3.05, 3.63) is 17.8 Å². The summed E-state index contributed by atoms with van der Waals surface area (Å²) in [6.45, 7) is 1.64. The van der Waals surface area contributed by atoms with E-state index < -0.39 is 18.1 Å². The Hall–Kier alpha value is -2.10. The maximum atomic E-state index is 10.6. The molecular weight excluding hydrogens is 273 g/mol. The summed E-state index contributed by atoms with van der Waals surface area (Å²) in [5, 5.41) is 18.7. The largest absolute Gasteiger partial charge is 0.490 e. The van der Waals surface area contributed by atoms with Crippen LogP contribution in [-0.2, 0) is 4.79 Å². The third kappa shape index (κ3) is 4.25. The van der Waals surface area contributed by atoms with Crippen molar-refractivity contribution >= 4 is 11.9 Å². The van der Waals surface area contributed by atoms with E-state index in [0.29, 0.717) is 5.89 Å². The van der Waals surface area contributed by atoms with Crippen molar-refractivity contribution in [2.75, 3.05) is 13.1 Å². The molecule has 1 aliphatic rings. The molecule has 1 saturated heterocycles. The topological polar surface area (TPSA) is 113 Å². The molecule has 19 heavy (non-hydrogen) atoms. The first-order valence-corrected chi connectivity index (χ1v) is 4.91. The molecular formula is C9H9F3N2O5. The molecule has 0 atom stereocenters. The number of halogens is 3. The Kier molecular flexibility index (Phi) is 4.48. The lowest BCUT2D eigenvalue weighted by atomic mass is 10.0. The minimum absolute atomic E-state index is 0.0168. The number of hydrogen-bond acceptors (Lipinski definition) is 5.